The van der Waals surface area contributed by atoms with Crippen molar-refractivity contribution >= 4 is 0 Å². The third-order valence-corrected chi connectivity index (χ3v) is 5.22. The molecule has 1 nitrogen and oxygen atoms in total. The summed E-state index contributed by atoms with van der Waals surface area (Å²) in [6.07, 6.45) is 6.84. The Hall–Kier alpha value is -0.820. The van der Waals surface area contributed by atoms with Gasteiger partial charge in [0.2, 0.25) is 0 Å². The highest BCUT2D eigenvalue weighted by atomic mass is 14.9. The van der Waals surface area contributed by atoms with Crippen LogP contribution in [0.15, 0.2) is 6.07 Å². The average Bonchev–Trinajstić information content (AvgIpc) is 2.94. The molecule has 0 radical (unpaired) electrons. The number of aryl methyl sites for hydroxylation is 2. The Morgan fingerprint density at radius 2 is 1.60 bits per heavy atom. The lowest BCUT2D eigenvalue weighted by Crippen LogP contribution is -2.29. The average molecular weight is 273 g/mol. The second-order valence-corrected chi connectivity index (χ2v) is 6.65. The van der Waals surface area contributed by atoms with Gasteiger partial charge < -0.3 is 5.32 Å². The van der Waals surface area contributed by atoms with E-state index in [-0.39, 0.29) is 0 Å². The number of rotatable bonds is 5. The summed E-state index contributed by atoms with van der Waals surface area (Å²) < 4.78 is 0. The van der Waals surface area contributed by atoms with Crippen LogP contribution in [-0.2, 0) is 0 Å². The smallest absolute Gasteiger partial charge is 0.0354 e. The number of nitrogens with one attached hydrogen (secondary N) is 1. The summed E-state index contributed by atoms with van der Waals surface area (Å²) in [6.45, 7) is 12.5. The maximum Gasteiger partial charge on any atom is 0.0354 e. The van der Waals surface area contributed by atoms with Crippen LogP contribution in [0.3, 0.4) is 0 Å². The van der Waals surface area contributed by atoms with Crippen molar-refractivity contribution in [2.45, 2.75) is 72.8 Å². The Morgan fingerprint density at radius 1 is 1.05 bits per heavy atom. The van der Waals surface area contributed by atoms with Gasteiger partial charge in [0.05, 0.1) is 0 Å². The first-order chi connectivity index (χ1) is 9.56. The summed E-state index contributed by atoms with van der Waals surface area (Å²) in [6, 6.07) is 2.91. The fourth-order valence-electron chi connectivity index (χ4n) is 3.81. The third-order valence-electron chi connectivity index (χ3n) is 5.22. The van der Waals surface area contributed by atoms with Crippen LogP contribution in [0.4, 0.5) is 0 Å². The summed E-state index contributed by atoms with van der Waals surface area (Å²) in [5, 5.41) is 3.86. The van der Waals surface area contributed by atoms with Crippen molar-refractivity contribution in [3.8, 4) is 0 Å². The van der Waals surface area contributed by atoms with E-state index >= 15 is 0 Å². The van der Waals surface area contributed by atoms with Crippen LogP contribution in [0.1, 0.15) is 72.9 Å². The first-order valence-electron chi connectivity index (χ1n) is 8.37. The fourth-order valence-corrected chi connectivity index (χ4v) is 3.81. The van der Waals surface area contributed by atoms with Gasteiger partial charge in [-0.25, -0.2) is 0 Å². The Labute approximate surface area is 125 Å². The van der Waals surface area contributed by atoms with Crippen LogP contribution < -0.4 is 5.32 Å². The van der Waals surface area contributed by atoms with Crippen molar-refractivity contribution in [3.63, 3.8) is 0 Å². The van der Waals surface area contributed by atoms with Gasteiger partial charge in [-0.05, 0) is 87.2 Å². The molecule has 1 aliphatic carbocycles. The van der Waals surface area contributed by atoms with Crippen molar-refractivity contribution in [2.24, 2.45) is 5.92 Å². The second kappa shape index (κ2) is 6.76. The standard InChI is InChI=1S/C19H31N/c1-6-11-20-19(17-9-7-8-10-17)18-15(4)13(2)12-14(3)16(18)5/h12,17,19-20H,6-11H2,1-5H3. The van der Waals surface area contributed by atoms with Gasteiger partial charge >= 0.3 is 0 Å². The Balaban J connectivity index is 2.41. The van der Waals surface area contributed by atoms with Gasteiger partial charge in [0.1, 0.15) is 0 Å². The fraction of sp³-hybridized carbons (Fsp3) is 0.684. The number of benzene rings is 1. The van der Waals surface area contributed by atoms with Crippen LogP contribution in [0.25, 0.3) is 0 Å². The van der Waals surface area contributed by atoms with Gasteiger partial charge in [-0.15, -0.1) is 0 Å². The van der Waals surface area contributed by atoms with Gasteiger partial charge in [-0.3, -0.25) is 0 Å². The van der Waals surface area contributed by atoms with Crippen LogP contribution >= 0.6 is 0 Å². The number of hydrogen-bond acceptors (Lipinski definition) is 1. The number of hydrogen-bond donors (Lipinski definition) is 1. The van der Waals surface area contributed by atoms with Crippen molar-refractivity contribution < 1.29 is 0 Å². The van der Waals surface area contributed by atoms with E-state index in [1.165, 1.54) is 54.4 Å². The normalized spacial score (nSPS) is 17.6. The highest BCUT2D eigenvalue weighted by Gasteiger charge is 2.28. The molecule has 0 aromatic heterocycles. The second-order valence-electron chi connectivity index (χ2n) is 6.65. The highest BCUT2D eigenvalue weighted by molar-refractivity contribution is 5.46. The summed E-state index contributed by atoms with van der Waals surface area (Å²) >= 11 is 0. The van der Waals surface area contributed by atoms with Crippen molar-refractivity contribution in [1.29, 1.82) is 0 Å². The predicted molar refractivity (Wildman–Crippen MR) is 88.4 cm³/mol. The molecule has 1 aromatic rings. The summed E-state index contributed by atoms with van der Waals surface area (Å²) in [5.74, 6) is 0.833. The minimum absolute atomic E-state index is 0.566. The first kappa shape index (κ1) is 15.6. The zero-order valence-corrected chi connectivity index (χ0v) is 14.0. The first-order valence-corrected chi connectivity index (χ1v) is 8.37. The van der Waals surface area contributed by atoms with Crippen LogP contribution in [0.2, 0.25) is 0 Å². The van der Waals surface area contributed by atoms with Gasteiger partial charge in [-0.1, -0.05) is 25.8 Å². The molecule has 0 heterocycles. The van der Waals surface area contributed by atoms with E-state index in [1.54, 1.807) is 5.56 Å². The molecule has 1 atom stereocenters. The van der Waals surface area contributed by atoms with E-state index in [0.717, 1.165) is 12.5 Å². The van der Waals surface area contributed by atoms with Gasteiger partial charge in [-0.2, -0.15) is 0 Å². The lowest BCUT2D eigenvalue weighted by atomic mass is 9.83. The SMILES string of the molecule is CCCNC(c1c(C)c(C)cc(C)c1C)C1CCCC1. The molecule has 20 heavy (non-hydrogen) atoms. The summed E-state index contributed by atoms with van der Waals surface area (Å²) in [4.78, 5) is 0. The van der Waals surface area contributed by atoms with Crippen molar-refractivity contribution in [1.82, 2.24) is 5.32 Å². The van der Waals surface area contributed by atoms with Gasteiger partial charge in [0.25, 0.3) is 0 Å². The Kier molecular flexibility index (Phi) is 5.26. The maximum atomic E-state index is 3.86. The molecule has 1 N–H and O–H groups in total. The van der Waals surface area contributed by atoms with E-state index in [9.17, 15) is 0 Å². The zero-order chi connectivity index (χ0) is 14.7. The van der Waals surface area contributed by atoms with Crippen molar-refractivity contribution in [2.75, 3.05) is 6.54 Å². The largest absolute Gasteiger partial charge is 0.310 e. The monoisotopic (exact) mass is 273 g/mol. The molecule has 1 saturated carbocycles. The summed E-state index contributed by atoms with van der Waals surface area (Å²) in [5.41, 5.74) is 7.51. The van der Waals surface area contributed by atoms with Gasteiger partial charge in [0.15, 0.2) is 0 Å². The Morgan fingerprint density at radius 3 is 2.10 bits per heavy atom. The zero-order valence-electron chi connectivity index (χ0n) is 14.0. The molecular formula is C19H31N. The molecule has 1 aromatic carbocycles. The minimum atomic E-state index is 0.566. The van der Waals surface area contributed by atoms with E-state index in [2.05, 4.69) is 46.0 Å². The summed E-state index contributed by atoms with van der Waals surface area (Å²) in [7, 11) is 0. The molecule has 0 spiro atoms. The lowest BCUT2D eigenvalue weighted by Gasteiger charge is -2.30. The predicted octanol–water partition coefficient (Wildman–Crippen LogP) is 5.15. The topological polar surface area (TPSA) is 12.0 Å². The van der Waals surface area contributed by atoms with Crippen LogP contribution in [-0.4, -0.2) is 6.54 Å². The maximum absolute atomic E-state index is 3.86. The molecule has 1 aliphatic rings. The molecule has 0 amide bonds. The highest BCUT2D eigenvalue weighted by Crippen LogP contribution is 2.39. The van der Waals surface area contributed by atoms with Crippen LogP contribution in [0.5, 0.6) is 0 Å². The Bertz CT molecular complexity index is 429. The van der Waals surface area contributed by atoms with E-state index in [1.807, 2.05) is 0 Å². The molecule has 1 fully saturated rings. The molecule has 0 saturated heterocycles. The molecule has 0 aliphatic heterocycles. The molecule has 1 unspecified atom stereocenters. The van der Waals surface area contributed by atoms with Crippen LogP contribution in [0, 0.1) is 33.6 Å². The van der Waals surface area contributed by atoms with Crippen molar-refractivity contribution in [3.05, 3.63) is 33.9 Å². The lowest BCUT2D eigenvalue weighted by molar-refractivity contribution is 0.365. The molecule has 112 valence electrons. The molecule has 1 heteroatoms. The molecular weight excluding hydrogens is 242 g/mol. The van der Waals surface area contributed by atoms with E-state index < -0.39 is 0 Å². The van der Waals surface area contributed by atoms with Gasteiger partial charge in [0, 0.05) is 6.04 Å². The minimum Gasteiger partial charge on any atom is -0.310 e. The molecule has 0 bridgehead atoms. The van der Waals surface area contributed by atoms with E-state index in [0.29, 0.717) is 6.04 Å². The van der Waals surface area contributed by atoms with E-state index in [4.69, 9.17) is 0 Å². The molecule has 2 rings (SSSR count). The quantitative estimate of drug-likeness (QED) is 0.782. The third kappa shape index (κ3) is 3.09.